The fourth-order valence-corrected chi connectivity index (χ4v) is 2.79. The Balaban J connectivity index is 1.68. The molecule has 0 aliphatic rings. The van der Waals surface area contributed by atoms with E-state index in [9.17, 15) is 10.1 Å². The van der Waals surface area contributed by atoms with Gasteiger partial charge in [-0.3, -0.25) is 4.79 Å². The third-order valence-electron chi connectivity index (χ3n) is 4.25. The van der Waals surface area contributed by atoms with E-state index in [0.717, 1.165) is 18.4 Å². The zero-order chi connectivity index (χ0) is 20.6. The number of Topliss-reactive ketones (excluding diaryl/α,β-unsaturated/α-hetero) is 1. The van der Waals surface area contributed by atoms with Gasteiger partial charge >= 0.3 is 0 Å². The molecule has 0 amide bonds. The van der Waals surface area contributed by atoms with Gasteiger partial charge in [0.1, 0.15) is 17.4 Å². The van der Waals surface area contributed by atoms with Crippen molar-refractivity contribution in [2.75, 3.05) is 0 Å². The maximum atomic E-state index is 12.6. The van der Waals surface area contributed by atoms with Crippen LogP contribution in [-0.2, 0) is 13.0 Å². The fraction of sp³-hybridized carbons (Fsp3) is 0.217. The van der Waals surface area contributed by atoms with Gasteiger partial charge in [-0.2, -0.15) is 10.2 Å². The highest BCUT2D eigenvalue weighted by atomic mass is 16.5. The number of nitrogens with zero attached hydrogens (tertiary/aromatic N) is 3. The lowest BCUT2D eigenvalue weighted by atomic mass is 10.00. The summed E-state index contributed by atoms with van der Waals surface area (Å²) in [6, 6.07) is 16.5. The molecule has 3 rings (SSSR count). The standard InChI is InChI=1S/C23H21N3O3/c1-3-4-17-5-9-19(10-6-17)23(27)20(14-24)13-18-7-11-21(12-8-18)28-15-22-25-16(2)29-26-22/h5-13H,3-4,15H2,1-2H3/b20-13-. The smallest absolute Gasteiger partial charge is 0.223 e. The molecule has 2 aromatic carbocycles. The van der Waals surface area contributed by atoms with Crippen molar-refractivity contribution < 1.29 is 14.1 Å². The van der Waals surface area contributed by atoms with Crippen LogP contribution in [0, 0.1) is 18.3 Å². The zero-order valence-corrected chi connectivity index (χ0v) is 16.4. The topological polar surface area (TPSA) is 89.0 Å². The number of allylic oxidation sites excluding steroid dienone is 1. The van der Waals surface area contributed by atoms with Crippen molar-refractivity contribution >= 4 is 11.9 Å². The van der Waals surface area contributed by atoms with E-state index in [0.29, 0.717) is 23.0 Å². The van der Waals surface area contributed by atoms with Crippen LogP contribution in [0.1, 0.15) is 46.5 Å². The Morgan fingerprint density at radius 2 is 1.90 bits per heavy atom. The minimum atomic E-state index is -0.289. The maximum absolute atomic E-state index is 12.6. The number of carbonyl (C=O) groups excluding carboxylic acids is 1. The van der Waals surface area contributed by atoms with Crippen LogP contribution < -0.4 is 4.74 Å². The number of aryl methyl sites for hydroxylation is 2. The predicted octanol–water partition coefficient (Wildman–Crippen LogP) is 4.70. The Morgan fingerprint density at radius 3 is 2.48 bits per heavy atom. The average Bonchev–Trinajstić information content (AvgIpc) is 3.17. The third-order valence-corrected chi connectivity index (χ3v) is 4.25. The third kappa shape index (κ3) is 5.39. The molecule has 29 heavy (non-hydrogen) atoms. The van der Waals surface area contributed by atoms with E-state index in [2.05, 4.69) is 17.1 Å². The largest absolute Gasteiger partial charge is 0.485 e. The summed E-state index contributed by atoms with van der Waals surface area (Å²) in [4.78, 5) is 16.7. The van der Waals surface area contributed by atoms with Crippen LogP contribution in [0.4, 0.5) is 0 Å². The summed E-state index contributed by atoms with van der Waals surface area (Å²) in [6.45, 7) is 4.02. The Kier molecular flexibility index (Phi) is 6.54. The summed E-state index contributed by atoms with van der Waals surface area (Å²) in [5, 5.41) is 13.2. The number of ether oxygens (including phenoxy) is 1. The van der Waals surface area contributed by atoms with Gasteiger partial charge in [0, 0.05) is 12.5 Å². The number of aromatic nitrogens is 2. The average molecular weight is 387 g/mol. The van der Waals surface area contributed by atoms with Crippen molar-refractivity contribution in [1.29, 1.82) is 5.26 Å². The van der Waals surface area contributed by atoms with Crippen LogP contribution in [0.3, 0.4) is 0 Å². The number of hydrogen-bond donors (Lipinski definition) is 0. The lowest BCUT2D eigenvalue weighted by Gasteiger charge is -2.04. The molecule has 0 spiro atoms. The minimum absolute atomic E-state index is 0.0872. The summed E-state index contributed by atoms with van der Waals surface area (Å²) in [5.74, 6) is 1.29. The molecule has 1 aromatic heterocycles. The molecule has 6 nitrogen and oxygen atoms in total. The van der Waals surface area contributed by atoms with E-state index >= 15 is 0 Å². The van der Waals surface area contributed by atoms with Gasteiger partial charge in [0.2, 0.25) is 17.5 Å². The fourth-order valence-electron chi connectivity index (χ4n) is 2.79. The summed E-state index contributed by atoms with van der Waals surface area (Å²) in [6.07, 6.45) is 3.59. The van der Waals surface area contributed by atoms with E-state index in [1.165, 1.54) is 5.56 Å². The highest BCUT2D eigenvalue weighted by Gasteiger charge is 2.12. The zero-order valence-electron chi connectivity index (χ0n) is 16.4. The van der Waals surface area contributed by atoms with E-state index in [4.69, 9.17) is 9.26 Å². The van der Waals surface area contributed by atoms with Gasteiger partial charge in [0.05, 0.1) is 0 Å². The first kappa shape index (κ1) is 20.0. The van der Waals surface area contributed by atoms with Crippen LogP contribution in [0.25, 0.3) is 6.08 Å². The summed E-state index contributed by atoms with van der Waals surface area (Å²) < 4.78 is 10.5. The first-order valence-electron chi connectivity index (χ1n) is 9.36. The lowest BCUT2D eigenvalue weighted by Crippen LogP contribution is -2.02. The molecular weight excluding hydrogens is 366 g/mol. The number of nitriles is 1. The number of rotatable bonds is 8. The van der Waals surface area contributed by atoms with Crippen molar-refractivity contribution in [3.8, 4) is 11.8 Å². The molecule has 3 aromatic rings. The molecule has 0 atom stereocenters. The van der Waals surface area contributed by atoms with Crippen molar-refractivity contribution in [2.45, 2.75) is 33.3 Å². The molecule has 0 bridgehead atoms. The molecule has 6 heteroatoms. The van der Waals surface area contributed by atoms with Crippen molar-refractivity contribution in [2.24, 2.45) is 0 Å². The van der Waals surface area contributed by atoms with E-state index < -0.39 is 0 Å². The number of benzene rings is 2. The van der Waals surface area contributed by atoms with Gasteiger partial charge in [-0.05, 0) is 35.8 Å². The van der Waals surface area contributed by atoms with Crippen LogP contribution in [0.2, 0.25) is 0 Å². The summed E-state index contributed by atoms with van der Waals surface area (Å²) in [7, 11) is 0. The number of ketones is 1. The van der Waals surface area contributed by atoms with Crippen LogP contribution in [0.15, 0.2) is 58.6 Å². The number of hydrogen-bond acceptors (Lipinski definition) is 6. The number of carbonyl (C=O) groups is 1. The van der Waals surface area contributed by atoms with Gasteiger partial charge in [-0.15, -0.1) is 0 Å². The Labute approximate surface area is 169 Å². The Hall–Kier alpha value is -3.72. The molecule has 0 fully saturated rings. The molecule has 1 heterocycles. The SMILES string of the molecule is CCCc1ccc(C(=O)/C(C#N)=C\c2ccc(OCc3noc(C)n3)cc2)cc1. The van der Waals surface area contributed by atoms with E-state index in [1.807, 2.05) is 18.2 Å². The van der Waals surface area contributed by atoms with E-state index in [1.54, 1.807) is 49.4 Å². The molecule has 0 saturated carbocycles. The monoisotopic (exact) mass is 387 g/mol. The molecule has 0 aliphatic carbocycles. The lowest BCUT2D eigenvalue weighted by molar-refractivity contribution is 0.104. The maximum Gasteiger partial charge on any atom is 0.223 e. The van der Waals surface area contributed by atoms with Crippen LogP contribution >= 0.6 is 0 Å². The highest BCUT2D eigenvalue weighted by molar-refractivity contribution is 6.14. The van der Waals surface area contributed by atoms with Crippen molar-refractivity contribution in [3.63, 3.8) is 0 Å². The molecule has 0 unspecified atom stereocenters. The molecule has 0 aliphatic heterocycles. The van der Waals surface area contributed by atoms with Crippen LogP contribution in [-0.4, -0.2) is 15.9 Å². The first-order chi connectivity index (χ1) is 14.1. The first-order valence-corrected chi connectivity index (χ1v) is 9.36. The van der Waals surface area contributed by atoms with E-state index in [-0.39, 0.29) is 18.0 Å². The van der Waals surface area contributed by atoms with Crippen LogP contribution in [0.5, 0.6) is 5.75 Å². The predicted molar refractivity (Wildman–Crippen MR) is 108 cm³/mol. The molecule has 0 saturated heterocycles. The quantitative estimate of drug-likeness (QED) is 0.316. The molecule has 0 N–H and O–H groups in total. The highest BCUT2D eigenvalue weighted by Crippen LogP contribution is 2.18. The van der Waals surface area contributed by atoms with Gasteiger partial charge in [0.25, 0.3) is 0 Å². The summed E-state index contributed by atoms with van der Waals surface area (Å²) in [5.41, 5.74) is 2.51. The second-order valence-corrected chi connectivity index (χ2v) is 6.53. The van der Waals surface area contributed by atoms with Gasteiger partial charge in [-0.25, -0.2) is 0 Å². The van der Waals surface area contributed by atoms with Crippen molar-refractivity contribution in [1.82, 2.24) is 10.1 Å². The Bertz CT molecular complexity index is 1040. The minimum Gasteiger partial charge on any atom is -0.485 e. The normalized spacial score (nSPS) is 11.1. The van der Waals surface area contributed by atoms with Gasteiger partial charge in [0.15, 0.2) is 6.61 Å². The van der Waals surface area contributed by atoms with Gasteiger partial charge < -0.3 is 9.26 Å². The molecular formula is C23H21N3O3. The second-order valence-electron chi connectivity index (χ2n) is 6.53. The molecule has 0 radical (unpaired) electrons. The summed E-state index contributed by atoms with van der Waals surface area (Å²) >= 11 is 0. The second kappa shape index (κ2) is 9.47. The van der Waals surface area contributed by atoms with Gasteiger partial charge in [-0.1, -0.05) is 54.9 Å². The van der Waals surface area contributed by atoms with Crippen molar-refractivity contribution in [3.05, 3.63) is 82.5 Å². The molecule has 146 valence electrons. The Morgan fingerprint density at radius 1 is 1.17 bits per heavy atom.